The van der Waals surface area contributed by atoms with Crippen LogP contribution < -0.4 is 0 Å². The van der Waals surface area contributed by atoms with E-state index in [-0.39, 0.29) is 5.82 Å². The molecule has 0 fully saturated rings. The SMILES string of the molecule is O=C=Nc1cc(-c2ccco2)n(-c2ncccc2Cl)n1. The molecule has 20 heavy (non-hydrogen) atoms. The molecule has 0 aliphatic carbocycles. The number of rotatable bonds is 3. The van der Waals surface area contributed by atoms with Gasteiger partial charge in [-0.05, 0) is 24.3 Å². The summed E-state index contributed by atoms with van der Waals surface area (Å²) in [5.41, 5.74) is 0.588. The summed E-state index contributed by atoms with van der Waals surface area (Å²) in [4.78, 5) is 18.1. The van der Waals surface area contributed by atoms with Crippen LogP contribution in [0.25, 0.3) is 17.3 Å². The lowest BCUT2D eigenvalue weighted by Gasteiger charge is -2.05. The first-order chi connectivity index (χ1) is 9.79. The molecule has 0 unspecified atom stereocenters. The summed E-state index contributed by atoms with van der Waals surface area (Å²) in [6.07, 6.45) is 4.58. The Hall–Kier alpha value is -2.69. The summed E-state index contributed by atoms with van der Waals surface area (Å²) in [5.74, 6) is 1.19. The maximum Gasteiger partial charge on any atom is 0.242 e. The first kappa shape index (κ1) is 12.3. The van der Waals surface area contributed by atoms with Gasteiger partial charge in [0.1, 0.15) is 5.69 Å². The fourth-order valence-electron chi connectivity index (χ4n) is 1.76. The van der Waals surface area contributed by atoms with Crippen LogP contribution in [0.4, 0.5) is 5.82 Å². The highest BCUT2D eigenvalue weighted by Gasteiger charge is 2.16. The molecule has 0 aromatic carbocycles. The van der Waals surface area contributed by atoms with Crippen molar-refractivity contribution in [2.45, 2.75) is 0 Å². The third-order valence-corrected chi connectivity index (χ3v) is 2.86. The van der Waals surface area contributed by atoms with Gasteiger partial charge in [-0.15, -0.1) is 10.1 Å². The number of pyridine rings is 1. The Morgan fingerprint density at radius 3 is 2.95 bits per heavy atom. The zero-order valence-electron chi connectivity index (χ0n) is 10.0. The van der Waals surface area contributed by atoms with Crippen molar-refractivity contribution in [3.8, 4) is 17.3 Å². The van der Waals surface area contributed by atoms with Crippen LogP contribution in [0, 0.1) is 0 Å². The Bertz CT molecular complexity index is 789. The van der Waals surface area contributed by atoms with E-state index >= 15 is 0 Å². The number of aliphatic imine (C=N–C) groups is 1. The molecule has 7 heteroatoms. The summed E-state index contributed by atoms with van der Waals surface area (Å²) in [5, 5.41) is 4.59. The fourth-order valence-corrected chi connectivity index (χ4v) is 1.97. The molecule has 0 N–H and O–H groups in total. The topological polar surface area (TPSA) is 73.3 Å². The summed E-state index contributed by atoms with van der Waals surface area (Å²) in [6, 6.07) is 8.51. The van der Waals surface area contributed by atoms with Gasteiger partial charge < -0.3 is 4.42 Å². The van der Waals surface area contributed by atoms with Crippen molar-refractivity contribution in [3.63, 3.8) is 0 Å². The number of isocyanates is 1. The van der Waals surface area contributed by atoms with Gasteiger partial charge >= 0.3 is 0 Å². The van der Waals surface area contributed by atoms with E-state index in [1.165, 1.54) is 17.0 Å². The molecule has 3 aromatic rings. The second-order valence-electron chi connectivity index (χ2n) is 3.79. The number of aromatic nitrogens is 3. The Morgan fingerprint density at radius 2 is 2.25 bits per heavy atom. The molecule has 0 saturated carbocycles. The predicted molar refractivity (Wildman–Crippen MR) is 71.9 cm³/mol. The molecule has 0 aliphatic heterocycles. The Kier molecular flexibility index (Phi) is 3.16. The van der Waals surface area contributed by atoms with Gasteiger partial charge in [-0.3, -0.25) is 0 Å². The third-order valence-electron chi connectivity index (χ3n) is 2.57. The molecule has 3 rings (SSSR count). The van der Waals surface area contributed by atoms with E-state index in [0.29, 0.717) is 22.3 Å². The Morgan fingerprint density at radius 1 is 1.35 bits per heavy atom. The average Bonchev–Trinajstić information content (AvgIpc) is 3.08. The van der Waals surface area contributed by atoms with Crippen molar-refractivity contribution in [2.24, 2.45) is 4.99 Å². The number of hydrogen-bond donors (Lipinski definition) is 0. The van der Waals surface area contributed by atoms with Gasteiger partial charge in [-0.2, -0.15) is 0 Å². The zero-order chi connectivity index (χ0) is 13.9. The van der Waals surface area contributed by atoms with Gasteiger partial charge in [-0.25, -0.2) is 14.5 Å². The standard InChI is InChI=1S/C13H7ClN4O2/c14-9-3-1-5-15-13(9)18-10(11-4-2-6-20-11)7-12(17-18)16-8-19/h1-7H. The third kappa shape index (κ3) is 2.14. The average molecular weight is 287 g/mol. The van der Waals surface area contributed by atoms with E-state index in [4.69, 9.17) is 16.0 Å². The fraction of sp³-hybridized carbons (Fsp3) is 0. The normalized spacial score (nSPS) is 10.2. The highest BCUT2D eigenvalue weighted by molar-refractivity contribution is 6.32. The maximum absolute atomic E-state index is 10.4. The van der Waals surface area contributed by atoms with Crippen molar-refractivity contribution in [1.82, 2.24) is 14.8 Å². The second-order valence-corrected chi connectivity index (χ2v) is 4.20. The van der Waals surface area contributed by atoms with Crippen LogP contribution in [0.3, 0.4) is 0 Å². The summed E-state index contributed by atoms with van der Waals surface area (Å²) >= 11 is 6.12. The van der Waals surface area contributed by atoms with Gasteiger partial charge in [0, 0.05) is 12.3 Å². The van der Waals surface area contributed by atoms with E-state index in [0.717, 1.165) is 0 Å². The summed E-state index contributed by atoms with van der Waals surface area (Å²) in [7, 11) is 0. The van der Waals surface area contributed by atoms with Crippen LogP contribution in [-0.2, 0) is 4.79 Å². The minimum absolute atomic E-state index is 0.202. The van der Waals surface area contributed by atoms with Crippen LogP contribution in [0.5, 0.6) is 0 Å². The summed E-state index contributed by atoms with van der Waals surface area (Å²) in [6.45, 7) is 0. The molecular weight excluding hydrogens is 280 g/mol. The smallest absolute Gasteiger partial charge is 0.242 e. The van der Waals surface area contributed by atoms with Crippen molar-refractivity contribution < 1.29 is 9.21 Å². The molecule has 0 radical (unpaired) electrons. The molecule has 0 saturated heterocycles. The van der Waals surface area contributed by atoms with Crippen LogP contribution in [0.2, 0.25) is 5.02 Å². The van der Waals surface area contributed by atoms with E-state index in [1.807, 2.05) is 0 Å². The number of hydrogen-bond acceptors (Lipinski definition) is 5. The van der Waals surface area contributed by atoms with E-state index in [9.17, 15) is 4.79 Å². The van der Waals surface area contributed by atoms with Gasteiger partial charge in [0.25, 0.3) is 0 Å². The largest absolute Gasteiger partial charge is 0.463 e. The molecule has 98 valence electrons. The monoisotopic (exact) mass is 286 g/mol. The molecule has 3 aromatic heterocycles. The van der Waals surface area contributed by atoms with E-state index in [1.54, 1.807) is 36.5 Å². The molecule has 6 nitrogen and oxygen atoms in total. The highest BCUT2D eigenvalue weighted by Crippen LogP contribution is 2.29. The van der Waals surface area contributed by atoms with E-state index < -0.39 is 0 Å². The molecule has 0 aliphatic rings. The lowest BCUT2D eigenvalue weighted by molar-refractivity contribution is 0.565. The number of halogens is 1. The maximum atomic E-state index is 10.4. The van der Waals surface area contributed by atoms with Gasteiger partial charge in [0.05, 0.1) is 11.3 Å². The minimum Gasteiger partial charge on any atom is -0.463 e. The molecule has 3 heterocycles. The Labute approximate surface area is 118 Å². The zero-order valence-corrected chi connectivity index (χ0v) is 10.8. The van der Waals surface area contributed by atoms with Gasteiger partial charge in [0.15, 0.2) is 17.4 Å². The van der Waals surface area contributed by atoms with Crippen molar-refractivity contribution in [2.75, 3.05) is 0 Å². The highest BCUT2D eigenvalue weighted by atomic mass is 35.5. The predicted octanol–water partition coefficient (Wildman–Crippen LogP) is 3.15. The van der Waals surface area contributed by atoms with Gasteiger partial charge in [0.2, 0.25) is 6.08 Å². The van der Waals surface area contributed by atoms with Crippen molar-refractivity contribution in [1.29, 1.82) is 0 Å². The first-order valence-corrected chi connectivity index (χ1v) is 6.00. The van der Waals surface area contributed by atoms with Crippen molar-refractivity contribution in [3.05, 3.63) is 47.8 Å². The molecule has 0 spiro atoms. The van der Waals surface area contributed by atoms with Crippen LogP contribution in [0.1, 0.15) is 0 Å². The number of carbonyl (C=O) groups excluding carboxylic acids is 1. The van der Waals surface area contributed by atoms with Crippen LogP contribution in [0.15, 0.2) is 52.2 Å². The second kappa shape index (κ2) is 5.13. The minimum atomic E-state index is 0.202. The van der Waals surface area contributed by atoms with Crippen molar-refractivity contribution >= 4 is 23.5 Å². The lowest BCUT2D eigenvalue weighted by Crippen LogP contribution is -2.01. The number of furan rings is 1. The lowest BCUT2D eigenvalue weighted by atomic mass is 10.3. The molecular formula is C13H7ClN4O2. The first-order valence-electron chi connectivity index (χ1n) is 5.62. The molecule has 0 bridgehead atoms. The quantitative estimate of drug-likeness (QED) is 0.547. The summed E-state index contributed by atoms with van der Waals surface area (Å²) < 4.78 is 6.81. The Balaban J connectivity index is 2.24. The van der Waals surface area contributed by atoms with Gasteiger partial charge in [-0.1, -0.05) is 11.6 Å². The number of nitrogens with zero attached hydrogens (tertiary/aromatic N) is 4. The molecule has 0 amide bonds. The van der Waals surface area contributed by atoms with Crippen LogP contribution in [-0.4, -0.2) is 20.8 Å². The van der Waals surface area contributed by atoms with Crippen LogP contribution >= 0.6 is 11.6 Å². The molecule has 0 atom stereocenters. The van der Waals surface area contributed by atoms with E-state index in [2.05, 4.69) is 15.1 Å².